The molecule has 5 heteroatoms. The van der Waals surface area contributed by atoms with E-state index in [0.29, 0.717) is 0 Å². The highest BCUT2D eigenvalue weighted by Crippen LogP contribution is 2.46. The molecule has 0 amide bonds. The number of fused-ring (bicyclic) bond motifs is 2. The number of nitrogens with zero attached hydrogens (tertiary/aromatic N) is 2. The van der Waals surface area contributed by atoms with Crippen LogP contribution in [0.5, 0.6) is 0 Å². The molecular formula is C19H16ClIN2S. The molecule has 0 spiro atoms. The number of hydrogen-bond donors (Lipinski definition) is 0. The summed E-state index contributed by atoms with van der Waals surface area (Å²) < 4.78 is 2.15. The third-order valence-corrected chi connectivity index (χ3v) is 5.56. The van der Waals surface area contributed by atoms with Crippen LogP contribution in [0.4, 0.5) is 5.69 Å². The molecule has 4 rings (SSSR count). The highest BCUT2D eigenvalue weighted by atomic mass is 127. The average Bonchev–Trinajstić information content (AvgIpc) is 2.86. The van der Waals surface area contributed by atoms with Crippen molar-refractivity contribution in [2.45, 2.75) is 4.90 Å². The standard InChI is InChI=1S/C19H16ClN2S.HI/c1-21-10-9-13(15-5-3-4-6-16(15)21)11-19-22(2)17-8-7-14(20)12-18(17)23-19;/h3-12H,1-2H3;1H/q+1;/p-1. The van der Waals surface area contributed by atoms with Gasteiger partial charge in [0.2, 0.25) is 5.52 Å². The van der Waals surface area contributed by atoms with Crippen molar-refractivity contribution >= 4 is 46.0 Å². The molecule has 0 aliphatic carbocycles. The Morgan fingerprint density at radius 1 is 1.12 bits per heavy atom. The summed E-state index contributed by atoms with van der Waals surface area (Å²) in [6, 6.07) is 16.7. The first kappa shape index (κ1) is 17.6. The predicted octanol–water partition coefficient (Wildman–Crippen LogP) is 1.86. The lowest BCUT2D eigenvalue weighted by Gasteiger charge is -2.13. The van der Waals surface area contributed by atoms with Crippen LogP contribution in [-0.2, 0) is 7.05 Å². The van der Waals surface area contributed by atoms with Gasteiger partial charge in [0.1, 0.15) is 7.05 Å². The number of halogens is 2. The minimum atomic E-state index is 0. The van der Waals surface area contributed by atoms with E-state index in [-0.39, 0.29) is 24.0 Å². The van der Waals surface area contributed by atoms with Gasteiger partial charge in [0.15, 0.2) is 6.20 Å². The first-order valence-corrected chi connectivity index (χ1v) is 8.63. The summed E-state index contributed by atoms with van der Waals surface area (Å²) in [6.45, 7) is 0. The maximum Gasteiger partial charge on any atom is 0.212 e. The van der Waals surface area contributed by atoms with Gasteiger partial charge in [-0.15, -0.1) is 0 Å². The van der Waals surface area contributed by atoms with Crippen LogP contribution >= 0.6 is 23.4 Å². The second kappa shape index (κ2) is 6.94. The zero-order valence-electron chi connectivity index (χ0n) is 13.3. The first-order chi connectivity index (χ1) is 11.1. The molecule has 2 nitrogen and oxygen atoms in total. The van der Waals surface area contributed by atoms with Crippen molar-refractivity contribution in [2.24, 2.45) is 7.05 Å². The van der Waals surface area contributed by atoms with Gasteiger partial charge < -0.3 is 28.9 Å². The summed E-state index contributed by atoms with van der Waals surface area (Å²) in [7, 11) is 4.18. The number of para-hydroxylation sites is 1. The molecule has 0 saturated carbocycles. The van der Waals surface area contributed by atoms with Gasteiger partial charge in [-0.25, -0.2) is 4.57 Å². The fourth-order valence-corrected chi connectivity index (χ4v) is 4.30. The lowest BCUT2D eigenvalue weighted by atomic mass is 10.1. The highest BCUT2D eigenvalue weighted by Gasteiger charge is 2.22. The van der Waals surface area contributed by atoms with E-state index < -0.39 is 0 Å². The molecule has 3 aromatic rings. The summed E-state index contributed by atoms with van der Waals surface area (Å²) in [5.74, 6) is 0. The van der Waals surface area contributed by atoms with Crippen molar-refractivity contribution in [1.82, 2.24) is 0 Å². The molecule has 0 saturated heterocycles. The van der Waals surface area contributed by atoms with Crippen LogP contribution in [0.1, 0.15) is 5.56 Å². The van der Waals surface area contributed by atoms with E-state index in [1.54, 1.807) is 11.8 Å². The van der Waals surface area contributed by atoms with Crippen molar-refractivity contribution in [3.05, 3.63) is 70.3 Å². The number of hydrogen-bond acceptors (Lipinski definition) is 2. The third kappa shape index (κ3) is 3.03. The quantitative estimate of drug-likeness (QED) is 0.399. The number of pyridine rings is 1. The van der Waals surface area contributed by atoms with Gasteiger partial charge in [-0.1, -0.05) is 35.5 Å². The lowest BCUT2D eigenvalue weighted by Crippen LogP contribution is -3.00. The molecule has 122 valence electrons. The zero-order valence-corrected chi connectivity index (χ0v) is 17.1. The van der Waals surface area contributed by atoms with Crippen molar-refractivity contribution in [3.63, 3.8) is 0 Å². The molecular weight excluding hydrogens is 451 g/mol. The van der Waals surface area contributed by atoms with Gasteiger partial charge in [-0.05, 0) is 35.9 Å². The van der Waals surface area contributed by atoms with Gasteiger partial charge in [0.05, 0.1) is 16.1 Å². The zero-order chi connectivity index (χ0) is 16.0. The minimum Gasteiger partial charge on any atom is -1.00 e. The summed E-state index contributed by atoms with van der Waals surface area (Å²) in [6.07, 6.45) is 4.36. The lowest BCUT2D eigenvalue weighted by molar-refractivity contribution is -0.644. The van der Waals surface area contributed by atoms with Gasteiger partial charge in [-0.3, -0.25) is 0 Å². The van der Waals surface area contributed by atoms with Crippen LogP contribution in [0.15, 0.2) is 64.7 Å². The van der Waals surface area contributed by atoms with E-state index in [2.05, 4.69) is 72.2 Å². The van der Waals surface area contributed by atoms with E-state index in [1.165, 1.54) is 32.1 Å². The summed E-state index contributed by atoms with van der Waals surface area (Å²) in [5.41, 5.74) is 3.66. The summed E-state index contributed by atoms with van der Waals surface area (Å²) in [5, 5.41) is 3.25. The van der Waals surface area contributed by atoms with Gasteiger partial charge in [0, 0.05) is 29.1 Å². The van der Waals surface area contributed by atoms with Gasteiger partial charge in [-0.2, -0.15) is 0 Å². The molecule has 0 unspecified atom stereocenters. The fourth-order valence-electron chi connectivity index (χ4n) is 2.92. The molecule has 2 aromatic carbocycles. The second-order valence-corrected chi connectivity index (χ2v) is 7.15. The number of aryl methyl sites for hydroxylation is 1. The Hall–Kier alpha value is -1.24. The van der Waals surface area contributed by atoms with E-state index >= 15 is 0 Å². The van der Waals surface area contributed by atoms with Crippen LogP contribution < -0.4 is 33.4 Å². The SMILES string of the molecule is CN1/C(=C\c2cc[n+](C)c3ccccc23)Sc2cc(Cl)ccc21.[I-]. The molecule has 0 N–H and O–H groups in total. The van der Waals surface area contributed by atoms with Crippen LogP contribution in [0.3, 0.4) is 0 Å². The Labute approximate surface area is 168 Å². The smallest absolute Gasteiger partial charge is 0.212 e. The number of rotatable bonds is 1. The summed E-state index contributed by atoms with van der Waals surface area (Å²) >= 11 is 7.88. The van der Waals surface area contributed by atoms with Crippen LogP contribution in [0, 0.1) is 0 Å². The fraction of sp³-hybridized carbons (Fsp3) is 0.105. The summed E-state index contributed by atoms with van der Waals surface area (Å²) in [4.78, 5) is 3.43. The topological polar surface area (TPSA) is 7.12 Å². The maximum atomic E-state index is 6.12. The van der Waals surface area contributed by atoms with E-state index in [1.807, 2.05) is 12.1 Å². The molecule has 1 aliphatic heterocycles. The van der Waals surface area contributed by atoms with E-state index in [4.69, 9.17) is 11.6 Å². The van der Waals surface area contributed by atoms with Crippen molar-refractivity contribution in [1.29, 1.82) is 0 Å². The highest BCUT2D eigenvalue weighted by molar-refractivity contribution is 8.03. The molecule has 0 fully saturated rings. The van der Waals surface area contributed by atoms with Crippen LogP contribution in [0.25, 0.3) is 17.0 Å². The van der Waals surface area contributed by atoms with Gasteiger partial charge >= 0.3 is 0 Å². The Morgan fingerprint density at radius 3 is 2.75 bits per heavy atom. The Balaban J connectivity index is 0.00000169. The number of anilines is 1. The molecule has 24 heavy (non-hydrogen) atoms. The van der Waals surface area contributed by atoms with Crippen molar-refractivity contribution in [3.8, 4) is 0 Å². The number of thioether (sulfide) groups is 1. The second-order valence-electron chi connectivity index (χ2n) is 5.65. The molecule has 0 atom stereocenters. The molecule has 2 heterocycles. The molecule has 0 bridgehead atoms. The van der Waals surface area contributed by atoms with Crippen LogP contribution in [-0.4, -0.2) is 7.05 Å². The van der Waals surface area contributed by atoms with Crippen molar-refractivity contribution < 1.29 is 28.5 Å². The first-order valence-electron chi connectivity index (χ1n) is 7.44. The number of benzene rings is 2. The normalized spacial score (nSPS) is 14.8. The largest absolute Gasteiger partial charge is 1.00 e. The minimum absolute atomic E-state index is 0. The average molecular weight is 467 g/mol. The Bertz CT molecular complexity index is 955. The molecule has 1 aromatic heterocycles. The Morgan fingerprint density at radius 2 is 1.92 bits per heavy atom. The Kier molecular flexibility index (Phi) is 5.08. The van der Waals surface area contributed by atoms with Crippen molar-refractivity contribution in [2.75, 3.05) is 11.9 Å². The van der Waals surface area contributed by atoms with Gasteiger partial charge in [0.25, 0.3) is 0 Å². The maximum absolute atomic E-state index is 6.12. The van der Waals surface area contributed by atoms with E-state index in [9.17, 15) is 0 Å². The molecule has 0 radical (unpaired) electrons. The monoisotopic (exact) mass is 466 g/mol. The molecule has 1 aliphatic rings. The number of aromatic nitrogens is 1. The third-order valence-electron chi connectivity index (χ3n) is 4.18. The van der Waals surface area contributed by atoms with E-state index in [0.717, 1.165) is 5.02 Å². The predicted molar refractivity (Wildman–Crippen MR) is 98.8 cm³/mol. The van der Waals surface area contributed by atoms with Crippen LogP contribution in [0.2, 0.25) is 5.02 Å².